The molecule has 2 aromatic rings. The highest BCUT2D eigenvalue weighted by Crippen LogP contribution is 2.21. The van der Waals surface area contributed by atoms with Gasteiger partial charge in [-0.25, -0.2) is 4.99 Å². The maximum atomic E-state index is 6.01. The topological polar surface area (TPSA) is 74.8 Å². The zero-order valence-electron chi connectivity index (χ0n) is 14.3. The molecule has 0 radical (unpaired) electrons. The van der Waals surface area contributed by atoms with E-state index >= 15 is 0 Å². The summed E-state index contributed by atoms with van der Waals surface area (Å²) in [6, 6.07) is 15.6. The Labute approximate surface area is 143 Å². The van der Waals surface area contributed by atoms with Crippen molar-refractivity contribution in [1.82, 2.24) is 5.32 Å². The van der Waals surface area contributed by atoms with Gasteiger partial charge in [0.05, 0.1) is 5.69 Å². The first-order valence-corrected chi connectivity index (χ1v) is 7.69. The SMILES string of the molecule is C=C(C)NC(=NC(N)=Nc1cccc(C)c1C)Nc1ccccc1. The van der Waals surface area contributed by atoms with E-state index < -0.39 is 0 Å². The number of anilines is 1. The van der Waals surface area contributed by atoms with Crippen molar-refractivity contribution in [2.45, 2.75) is 20.8 Å². The molecular weight excluding hydrogens is 298 g/mol. The Hall–Kier alpha value is -3.08. The maximum absolute atomic E-state index is 6.01. The second kappa shape index (κ2) is 7.97. The maximum Gasteiger partial charge on any atom is 0.223 e. The minimum atomic E-state index is 0.163. The number of hydrogen-bond donors (Lipinski definition) is 3. The van der Waals surface area contributed by atoms with Gasteiger partial charge in [-0.3, -0.25) is 0 Å². The molecule has 4 N–H and O–H groups in total. The summed E-state index contributed by atoms with van der Waals surface area (Å²) in [5.41, 5.74) is 10.7. The van der Waals surface area contributed by atoms with E-state index in [9.17, 15) is 0 Å². The van der Waals surface area contributed by atoms with Gasteiger partial charge in [0.2, 0.25) is 11.9 Å². The number of aliphatic imine (C=N–C) groups is 2. The van der Waals surface area contributed by atoms with Crippen molar-refractivity contribution in [2.75, 3.05) is 5.32 Å². The second-order valence-electron chi connectivity index (χ2n) is 5.55. The highest BCUT2D eigenvalue weighted by Gasteiger charge is 2.03. The Kier molecular flexibility index (Phi) is 5.73. The van der Waals surface area contributed by atoms with Gasteiger partial charge in [0.1, 0.15) is 0 Å². The van der Waals surface area contributed by atoms with Gasteiger partial charge in [-0.2, -0.15) is 4.99 Å². The third kappa shape index (κ3) is 4.98. The molecule has 0 fully saturated rings. The number of nitrogens with one attached hydrogen (secondary N) is 2. The van der Waals surface area contributed by atoms with Crippen molar-refractivity contribution in [3.05, 3.63) is 71.9 Å². The number of para-hydroxylation sites is 1. The molecule has 2 rings (SSSR count). The lowest BCUT2D eigenvalue weighted by atomic mass is 10.1. The number of guanidine groups is 2. The quantitative estimate of drug-likeness (QED) is 0.594. The predicted molar refractivity (Wildman–Crippen MR) is 103 cm³/mol. The van der Waals surface area contributed by atoms with Crippen molar-refractivity contribution in [2.24, 2.45) is 15.7 Å². The zero-order chi connectivity index (χ0) is 17.5. The van der Waals surface area contributed by atoms with E-state index in [-0.39, 0.29) is 5.96 Å². The van der Waals surface area contributed by atoms with Crippen LogP contribution in [-0.4, -0.2) is 11.9 Å². The van der Waals surface area contributed by atoms with Crippen molar-refractivity contribution < 1.29 is 0 Å². The molecular formula is C19H23N5. The summed E-state index contributed by atoms with van der Waals surface area (Å²) in [6.07, 6.45) is 0. The van der Waals surface area contributed by atoms with Crippen LogP contribution in [0.25, 0.3) is 0 Å². The fraction of sp³-hybridized carbons (Fsp3) is 0.158. The summed E-state index contributed by atoms with van der Waals surface area (Å²) < 4.78 is 0. The molecule has 0 atom stereocenters. The predicted octanol–water partition coefficient (Wildman–Crippen LogP) is 3.84. The first-order valence-electron chi connectivity index (χ1n) is 7.69. The van der Waals surface area contributed by atoms with Gasteiger partial charge in [-0.1, -0.05) is 36.9 Å². The fourth-order valence-corrected chi connectivity index (χ4v) is 2.07. The standard InChI is InChI=1S/C19H23N5/c1-13(2)21-19(22-16-10-6-5-7-11-16)24-18(20)23-17-12-8-9-14(3)15(17)4/h5-12H,1H2,2-4H3,(H4,20,21,22,23,24). The number of benzene rings is 2. The Bertz CT molecular complexity index is 776. The van der Waals surface area contributed by atoms with E-state index in [1.165, 1.54) is 0 Å². The summed E-state index contributed by atoms with van der Waals surface area (Å²) in [5, 5.41) is 6.22. The van der Waals surface area contributed by atoms with Gasteiger partial charge < -0.3 is 16.4 Å². The second-order valence-corrected chi connectivity index (χ2v) is 5.55. The van der Waals surface area contributed by atoms with E-state index in [1.807, 2.05) is 69.3 Å². The van der Waals surface area contributed by atoms with E-state index in [2.05, 4.69) is 27.2 Å². The van der Waals surface area contributed by atoms with Gasteiger partial charge in [-0.05, 0) is 50.1 Å². The van der Waals surface area contributed by atoms with Gasteiger partial charge in [0.25, 0.3) is 0 Å². The molecule has 0 aliphatic rings. The molecule has 5 heteroatoms. The monoisotopic (exact) mass is 321 g/mol. The molecule has 0 aliphatic carbocycles. The Morgan fingerprint density at radius 1 is 1.04 bits per heavy atom. The van der Waals surface area contributed by atoms with Crippen LogP contribution >= 0.6 is 0 Å². The number of nitrogens with zero attached hydrogens (tertiary/aromatic N) is 2. The molecule has 5 nitrogen and oxygen atoms in total. The molecule has 0 heterocycles. The molecule has 0 aliphatic heterocycles. The Morgan fingerprint density at radius 2 is 1.75 bits per heavy atom. The van der Waals surface area contributed by atoms with Crippen LogP contribution in [0.2, 0.25) is 0 Å². The summed E-state index contributed by atoms with van der Waals surface area (Å²) in [5.74, 6) is 0.635. The number of aryl methyl sites for hydroxylation is 1. The lowest BCUT2D eigenvalue weighted by Crippen LogP contribution is -2.31. The minimum absolute atomic E-state index is 0.163. The third-order valence-corrected chi connectivity index (χ3v) is 3.41. The molecule has 0 amide bonds. The number of rotatable bonds is 3. The fourth-order valence-electron chi connectivity index (χ4n) is 2.07. The van der Waals surface area contributed by atoms with Crippen molar-refractivity contribution in [3.8, 4) is 0 Å². The van der Waals surface area contributed by atoms with Crippen molar-refractivity contribution in [3.63, 3.8) is 0 Å². The van der Waals surface area contributed by atoms with Crippen LogP contribution < -0.4 is 16.4 Å². The van der Waals surface area contributed by atoms with Crippen molar-refractivity contribution in [1.29, 1.82) is 0 Å². The highest BCUT2D eigenvalue weighted by molar-refractivity contribution is 6.02. The smallest absolute Gasteiger partial charge is 0.223 e. The number of hydrogen-bond acceptors (Lipinski definition) is 1. The van der Waals surface area contributed by atoms with Gasteiger partial charge in [0, 0.05) is 11.4 Å². The van der Waals surface area contributed by atoms with Gasteiger partial charge in [-0.15, -0.1) is 0 Å². The zero-order valence-corrected chi connectivity index (χ0v) is 14.3. The number of nitrogens with two attached hydrogens (primary N) is 1. The van der Waals surface area contributed by atoms with Crippen LogP contribution in [0.5, 0.6) is 0 Å². The summed E-state index contributed by atoms with van der Waals surface area (Å²) >= 11 is 0. The first kappa shape index (κ1) is 17.3. The van der Waals surface area contributed by atoms with Crippen LogP contribution in [0, 0.1) is 13.8 Å². The van der Waals surface area contributed by atoms with Crippen LogP contribution in [0.1, 0.15) is 18.1 Å². The molecule has 0 saturated heterocycles. The lowest BCUT2D eigenvalue weighted by Gasteiger charge is -2.12. The summed E-state index contributed by atoms with van der Waals surface area (Å²) in [6.45, 7) is 9.74. The molecule has 0 spiro atoms. The van der Waals surface area contributed by atoms with Crippen LogP contribution in [0.15, 0.2) is 70.8 Å². The summed E-state index contributed by atoms with van der Waals surface area (Å²) in [7, 11) is 0. The molecule has 0 saturated carbocycles. The van der Waals surface area contributed by atoms with Crippen LogP contribution in [0.3, 0.4) is 0 Å². The van der Waals surface area contributed by atoms with Crippen molar-refractivity contribution >= 4 is 23.3 Å². The van der Waals surface area contributed by atoms with Gasteiger partial charge >= 0.3 is 0 Å². The lowest BCUT2D eigenvalue weighted by molar-refractivity contribution is 1.12. The van der Waals surface area contributed by atoms with Crippen LogP contribution in [-0.2, 0) is 0 Å². The van der Waals surface area contributed by atoms with E-state index in [4.69, 9.17) is 5.73 Å². The normalized spacial score (nSPS) is 12.0. The molecule has 0 unspecified atom stereocenters. The largest absolute Gasteiger partial charge is 0.368 e. The minimum Gasteiger partial charge on any atom is -0.368 e. The average molecular weight is 321 g/mol. The molecule has 24 heavy (non-hydrogen) atoms. The molecule has 0 aromatic heterocycles. The Balaban J connectivity index is 2.28. The molecule has 124 valence electrons. The Morgan fingerprint density at radius 3 is 2.42 bits per heavy atom. The van der Waals surface area contributed by atoms with Crippen LogP contribution in [0.4, 0.5) is 11.4 Å². The third-order valence-electron chi connectivity index (χ3n) is 3.41. The van der Waals surface area contributed by atoms with Gasteiger partial charge in [0.15, 0.2) is 0 Å². The van der Waals surface area contributed by atoms with E-state index in [0.717, 1.165) is 28.2 Å². The number of allylic oxidation sites excluding steroid dienone is 1. The van der Waals surface area contributed by atoms with E-state index in [1.54, 1.807) is 0 Å². The summed E-state index contributed by atoms with van der Waals surface area (Å²) in [4.78, 5) is 8.74. The van der Waals surface area contributed by atoms with E-state index in [0.29, 0.717) is 5.96 Å². The molecule has 2 aromatic carbocycles. The molecule has 0 bridgehead atoms. The first-order chi connectivity index (χ1) is 11.5. The average Bonchev–Trinajstić information content (AvgIpc) is 2.52. The highest BCUT2D eigenvalue weighted by atomic mass is 15.2.